The van der Waals surface area contributed by atoms with Crippen LogP contribution in [0.15, 0.2) is 24.3 Å². The molecule has 1 aromatic carbocycles. The van der Waals surface area contributed by atoms with Gasteiger partial charge in [0.05, 0.1) is 13.7 Å². The van der Waals surface area contributed by atoms with E-state index >= 15 is 0 Å². The number of carbonyl (C=O) groups excluding carboxylic acids is 1. The van der Waals surface area contributed by atoms with Crippen molar-refractivity contribution in [3.05, 3.63) is 24.3 Å². The van der Waals surface area contributed by atoms with Crippen molar-refractivity contribution in [1.82, 2.24) is 0 Å². The summed E-state index contributed by atoms with van der Waals surface area (Å²) < 4.78 is 10.2. The van der Waals surface area contributed by atoms with Crippen molar-refractivity contribution in [2.24, 2.45) is 5.73 Å². The van der Waals surface area contributed by atoms with Gasteiger partial charge in [-0.25, -0.2) is 0 Å². The molecule has 5 nitrogen and oxygen atoms in total. The molecule has 0 saturated carbocycles. The lowest BCUT2D eigenvalue weighted by atomic mass is 9.97. The van der Waals surface area contributed by atoms with E-state index in [9.17, 15) is 4.79 Å². The number of ether oxygens (including phenoxy) is 2. The molecule has 1 aromatic rings. The van der Waals surface area contributed by atoms with Crippen molar-refractivity contribution in [1.29, 1.82) is 0 Å². The zero-order chi connectivity index (χ0) is 15.9. The Morgan fingerprint density at radius 1 is 1.43 bits per heavy atom. The Morgan fingerprint density at radius 3 is 2.76 bits per heavy atom. The molecule has 1 rings (SSSR count). The average molecular weight is 294 g/mol. The summed E-state index contributed by atoms with van der Waals surface area (Å²) in [7, 11) is 3.66. The van der Waals surface area contributed by atoms with Crippen molar-refractivity contribution < 1.29 is 14.3 Å². The van der Waals surface area contributed by atoms with Crippen LogP contribution in [0, 0.1) is 0 Å². The monoisotopic (exact) mass is 294 g/mol. The Morgan fingerprint density at radius 2 is 2.14 bits per heavy atom. The molecule has 0 radical (unpaired) electrons. The molecule has 118 valence electrons. The molecule has 0 bridgehead atoms. The van der Waals surface area contributed by atoms with Gasteiger partial charge in [0.15, 0.2) is 0 Å². The van der Waals surface area contributed by atoms with E-state index in [-0.39, 0.29) is 5.97 Å². The van der Waals surface area contributed by atoms with Gasteiger partial charge in [-0.15, -0.1) is 0 Å². The van der Waals surface area contributed by atoms with Crippen molar-refractivity contribution in [3.63, 3.8) is 0 Å². The Balaban J connectivity index is 2.49. The average Bonchev–Trinajstić information content (AvgIpc) is 2.47. The standard InChI is InChI=1S/C16H26N2O3/c1-5-21-15(19)16(2,17)10-7-11-18(3)13-8-6-9-14(12-13)20-4/h6,8-9,12H,5,7,10-11,17H2,1-4H3. The van der Waals surface area contributed by atoms with Crippen LogP contribution >= 0.6 is 0 Å². The summed E-state index contributed by atoms with van der Waals surface area (Å²) in [6.45, 7) is 4.66. The summed E-state index contributed by atoms with van der Waals surface area (Å²) in [4.78, 5) is 13.8. The summed E-state index contributed by atoms with van der Waals surface area (Å²) in [5.74, 6) is 0.489. The van der Waals surface area contributed by atoms with Crippen molar-refractivity contribution in [2.45, 2.75) is 32.2 Å². The highest BCUT2D eigenvalue weighted by Gasteiger charge is 2.29. The number of methoxy groups -OCH3 is 1. The minimum Gasteiger partial charge on any atom is -0.497 e. The third-order valence-electron chi connectivity index (χ3n) is 3.43. The van der Waals surface area contributed by atoms with E-state index in [2.05, 4.69) is 4.90 Å². The number of benzene rings is 1. The van der Waals surface area contributed by atoms with Gasteiger partial charge in [-0.2, -0.15) is 0 Å². The normalized spacial score (nSPS) is 13.4. The molecule has 21 heavy (non-hydrogen) atoms. The number of nitrogens with zero attached hydrogens (tertiary/aromatic N) is 1. The predicted octanol–water partition coefficient (Wildman–Crippen LogP) is 2.19. The fraction of sp³-hybridized carbons (Fsp3) is 0.562. The van der Waals surface area contributed by atoms with Gasteiger partial charge in [-0.3, -0.25) is 4.79 Å². The maximum absolute atomic E-state index is 11.7. The molecule has 0 aliphatic carbocycles. The number of hydrogen-bond acceptors (Lipinski definition) is 5. The molecule has 1 atom stereocenters. The van der Waals surface area contributed by atoms with E-state index in [0.717, 1.165) is 24.4 Å². The predicted molar refractivity (Wildman–Crippen MR) is 84.7 cm³/mol. The lowest BCUT2D eigenvalue weighted by Crippen LogP contribution is -2.46. The first kappa shape index (κ1) is 17.3. The Kier molecular flexibility index (Phi) is 6.49. The molecule has 0 aromatic heterocycles. The summed E-state index contributed by atoms with van der Waals surface area (Å²) >= 11 is 0. The smallest absolute Gasteiger partial charge is 0.325 e. The summed E-state index contributed by atoms with van der Waals surface area (Å²) in [6.07, 6.45) is 1.39. The highest BCUT2D eigenvalue weighted by atomic mass is 16.5. The van der Waals surface area contributed by atoms with E-state index in [1.165, 1.54) is 0 Å². The Bertz CT molecular complexity index is 461. The van der Waals surface area contributed by atoms with Gasteiger partial charge >= 0.3 is 5.97 Å². The van der Waals surface area contributed by atoms with Crippen LogP contribution in [0.3, 0.4) is 0 Å². The van der Waals surface area contributed by atoms with E-state index in [1.807, 2.05) is 31.3 Å². The zero-order valence-corrected chi connectivity index (χ0v) is 13.4. The third kappa shape index (κ3) is 5.27. The summed E-state index contributed by atoms with van der Waals surface area (Å²) in [5, 5.41) is 0. The maximum atomic E-state index is 11.7. The Labute approximate surface area is 127 Å². The zero-order valence-electron chi connectivity index (χ0n) is 13.4. The van der Waals surface area contributed by atoms with Crippen LogP contribution in [-0.2, 0) is 9.53 Å². The van der Waals surface area contributed by atoms with Crippen LogP contribution in [0.5, 0.6) is 5.75 Å². The van der Waals surface area contributed by atoms with E-state index in [1.54, 1.807) is 21.0 Å². The highest BCUT2D eigenvalue weighted by molar-refractivity contribution is 5.79. The van der Waals surface area contributed by atoms with Crippen LogP contribution in [0.4, 0.5) is 5.69 Å². The topological polar surface area (TPSA) is 64.8 Å². The van der Waals surface area contributed by atoms with Crippen molar-refractivity contribution in [2.75, 3.05) is 32.2 Å². The maximum Gasteiger partial charge on any atom is 0.325 e. The highest BCUT2D eigenvalue weighted by Crippen LogP contribution is 2.21. The second kappa shape index (κ2) is 7.88. The van der Waals surface area contributed by atoms with Gasteiger partial charge in [-0.05, 0) is 38.8 Å². The van der Waals surface area contributed by atoms with Gasteiger partial charge in [-0.1, -0.05) is 6.07 Å². The lowest BCUT2D eigenvalue weighted by molar-refractivity contribution is -0.149. The molecule has 5 heteroatoms. The first-order valence-electron chi connectivity index (χ1n) is 7.22. The first-order chi connectivity index (χ1) is 9.90. The molecule has 0 aliphatic heterocycles. The fourth-order valence-electron chi connectivity index (χ4n) is 2.06. The fourth-order valence-corrected chi connectivity index (χ4v) is 2.06. The minimum atomic E-state index is -0.925. The van der Waals surface area contributed by atoms with Gasteiger partial charge < -0.3 is 20.1 Å². The molecule has 0 amide bonds. The molecular weight excluding hydrogens is 268 g/mol. The van der Waals surface area contributed by atoms with Crippen molar-refractivity contribution >= 4 is 11.7 Å². The third-order valence-corrected chi connectivity index (χ3v) is 3.43. The summed E-state index contributed by atoms with van der Waals surface area (Å²) in [6, 6.07) is 7.87. The van der Waals surface area contributed by atoms with Crippen LogP contribution < -0.4 is 15.4 Å². The van der Waals surface area contributed by atoms with Crippen molar-refractivity contribution in [3.8, 4) is 5.75 Å². The molecule has 0 heterocycles. The summed E-state index contributed by atoms with van der Waals surface area (Å²) in [5.41, 5.74) is 6.15. The van der Waals surface area contributed by atoms with E-state index < -0.39 is 5.54 Å². The number of rotatable bonds is 8. The largest absolute Gasteiger partial charge is 0.497 e. The molecule has 0 saturated heterocycles. The Hall–Kier alpha value is -1.75. The SMILES string of the molecule is CCOC(=O)C(C)(N)CCCN(C)c1cccc(OC)c1. The van der Waals surface area contributed by atoms with Crippen LogP contribution in [0.2, 0.25) is 0 Å². The second-order valence-electron chi connectivity index (χ2n) is 5.36. The second-order valence-corrected chi connectivity index (χ2v) is 5.36. The first-order valence-corrected chi connectivity index (χ1v) is 7.22. The van der Waals surface area contributed by atoms with Crippen LogP contribution in [0.1, 0.15) is 26.7 Å². The van der Waals surface area contributed by atoms with Gasteiger partial charge in [0, 0.05) is 25.3 Å². The van der Waals surface area contributed by atoms with Gasteiger partial charge in [0.2, 0.25) is 0 Å². The van der Waals surface area contributed by atoms with E-state index in [4.69, 9.17) is 15.2 Å². The van der Waals surface area contributed by atoms with E-state index in [0.29, 0.717) is 13.0 Å². The lowest BCUT2D eigenvalue weighted by Gasteiger charge is -2.25. The molecule has 1 unspecified atom stereocenters. The minimum absolute atomic E-state index is 0.339. The quantitative estimate of drug-likeness (QED) is 0.745. The number of carbonyl (C=O) groups is 1. The molecule has 0 spiro atoms. The van der Waals surface area contributed by atoms with Crippen LogP contribution in [0.25, 0.3) is 0 Å². The van der Waals surface area contributed by atoms with Crippen LogP contribution in [-0.4, -0.2) is 38.8 Å². The number of nitrogens with two attached hydrogens (primary N) is 1. The molecule has 2 N–H and O–H groups in total. The van der Waals surface area contributed by atoms with Gasteiger partial charge in [0.25, 0.3) is 0 Å². The molecule has 0 fully saturated rings. The number of anilines is 1. The molecule has 0 aliphatic rings. The molecular formula is C16H26N2O3. The van der Waals surface area contributed by atoms with Gasteiger partial charge in [0.1, 0.15) is 11.3 Å². The number of esters is 1. The number of hydrogen-bond donors (Lipinski definition) is 1.